The number of rotatable bonds is 11. The molecular weight excluding hydrogens is 797 g/mol. The SMILES string of the molecule is CC(C)(C)C(=O)OCN1C(=O)CCC(N2C(=O)c3cccc(C#CCOCCOc4ccc5c(c4)ncn5-c4ccc(NC(=O)Nc5cc(C(C)(C)C)[nH]n5)cc4)c3C2=O)C1=O. The fourth-order valence-corrected chi connectivity index (χ4v) is 6.74. The second kappa shape index (κ2) is 17.3. The molecule has 0 saturated carbocycles. The molecule has 320 valence electrons. The molecule has 1 unspecified atom stereocenters. The smallest absolute Gasteiger partial charge is 0.324 e. The monoisotopic (exact) mass is 842 g/mol. The summed E-state index contributed by atoms with van der Waals surface area (Å²) in [5.41, 5.74) is 3.41. The van der Waals surface area contributed by atoms with E-state index in [0.29, 0.717) is 28.3 Å². The van der Waals surface area contributed by atoms with Crippen molar-refractivity contribution in [3.05, 3.63) is 95.4 Å². The van der Waals surface area contributed by atoms with Gasteiger partial charge in [0, 0.05) is 46.6 Å². The van der Waals surface area contributed by atoms with Crippen molar-refractivity contribution in [1.29, 1.82) is 0 Å². The Balaban J connectivity index is 0.888. The Hall–Kier alpha value is -7.32. The molecule has 7 rings (SSSR count). The maximum atomic E-state index is 13.7. The molecule has 1 saturated heterocycles. The van der Waals surface area contributed by atoms with E-state index in [9.17, 15) is 28.8 Å². The molecule has 2 aliphatic rings. The zero-order valence-corrected chi connectivity index (χ0v) is 35.2. The highest BCUT2D eigenvalue weighted by Gasteiger charge is 2.48. The quantitative estimate of drug-likeness (QED) is 0.0627. The number of nitrogens with one attached hydrogen (secondary N) is 3. The van der Waals surface area contributed by atoms with Gasteiger partial charge in [-0.1, -0.05) is 38.7 Å². The number of anilines is 2. The molecule has 0 spiro atoms. The third kappa shape index (κ3) is 9.20. The molecule has 17 nitrogen and oxygen atoms in total. The number of imide groups is 2. The molecule has 2 aromatic heterocycles. The van der Waals surface area contributed by atoms with E-state index in [0.717, 1.165) is 26.7 Å². The van der Waals surface area contributed by atoms with Crippen LogP contribution in [0.3, 0.4) is 0 Å². The van der Waals surface area contributed by atoms with Gasteiger partial charge in [0.05, 0.1) is 34.2 Å². The lowest BCUT2D eigenvalue weighted by atomic mass is 9.92. The van der Waals surface area contributed by atoms with Crippen LogP contribution in [0.5, 0.6) is 5.75 Å². The van der Waals surface area contributed by atoms with Crippen molar-refractivity contribution in [3.8, 4) is 23.3 Å². The normalized spacial score (nSPS) is 15.4. The third-order valence-electron chi connectivity index (χ3n) is 10.1. The molecule has 0 radical (unpaired) electrons. The minimum atomic E-state index is -1.24. The number of H-pyrrole nitrogens is 1. The summed E-state index contributed by atoms with van der Waals surface area (Å²) >= 11 is 0. The van der Waals surface area contributed by atoms with Crippen molar-refractivity contribution >= 4 is 58.2 Å². The van der Waals surface area contributed by atoms with Crippen LogP contribution in [0.4, 0.5) is 16.3 Å². The molecule has 2 aliphatic heterocycles. The maximum Gasteiger partial charge on any atom is 0.324 e. The number of esters is 1. The van der Waals surface area contributed by atoms with Crippen LogP contribution in [0, 0.1) is 17.3 Å². The summed E-state index contributed by atoms with van der Waals surface area (Å²) in [6, 6.07) is 17.7. The molecule has 3 N–H and O–H groups in total. The van der Waals surface area contributed by atoms with Gasteiger partial charge in [-0.05, 0) is 75.7 Å². The number of carbonyl (C=O) groups excluding carboxylic acids is 6. The number of hydrogen-bond donors (Lipinski definition) is 3. The summed E-state index contributed by atoms with van der Waals surface area (Å²) in [7, 11) is 0. The van der Waals surface area contributed by atoms with Gasteiger partial charge >= 0.3 is 12.0 Å². The van der Waals surface area contributed by atoms with E-state index in [-0.39, 0.29) is 49.2 Å². The van der Waals surface area contributed by atoms with Gasteiger partial charge < -0.3 is 19.5 Å². The standard InChI is InChI=1S/C45H46N8O9/c1-44(2,3)35-24-36(50-49-35)48-43(59)47-28-12-14-29(15-13-28)51-25-46-32-23-30(16-17-33(32)51)61-22-21-60-20-8-10-27-9-7-11-31-38(27)41(57)53(39(31)55)34-18-19-37(54)52(40(34)56)26-62-42(58)45(4,5)6/h7,9,11-17,23-25,34H,18-22,26H2,1-6H3,(H3,47,48,49,50,59). The second-order valence-corrected chi connectivity index (χ2v) is 16.7. The highest BCUT2D eigenvalue weighted by molar-refractivity contribution is 6.24. The van der Waals surface area contributed by atoms with Crippen LogP contribution in [-0.2, 0) is 29.3 Å². The van der Waals surface area contributed by atoms with E-state index in [1.54, 1.807) is 51.4 Å². The zero-order valence-electron chi connectivity index (χ0n) is 35.2. The summed E-state index contributed by atoms with van der Waals surface area (Å²) < 4.78 is 18.7. The summed E-state index contributed by atoms with van der Waals surface area (Å²) in [4.78, 5) is 84.1. The summed E-state index contributed by atoms with van der Waals surface area (Å²) in [5.74, 6) is 3.48. The van der Waals surface area contributed by atoms with Crippen LogP contribution in [0.25, 0.3) is 16.7 Å². The number of benzene rings is 3. The lowest BCUT2D eigenvalue weighted by Crippen LogP contribution is -2.56. The first-order valence-corrected chi connectivity index (χ1v) is 19.9. The zero-order chi connectivity index (χ0) is 44.3. The van der Waals surface area contributed by atoms with Gasteiger partial charge in [-0.25, -0.2) is 14.7 Å². The number of aromatic nitrogens is 4. The van der Waals surface area contributed by atoms with Crippen molar-refractivity contribution in [2.24, 2.45) is 5.41 Å². The average Bonchev–Trinajstić information content (AvgIpc) is 3.94. The maximum absolute atomic E-state index is 13.7. The molecule has 62 heavy (non-hydrogen) atoms. The predicted octanol–water partition coefficient (Wildman–Crippen LogP) is 5.80. The van der Waals surface area contributed by atoms with Crippen LogP contribution in [0.1, 0.15) is 86.4 Å². The largest absolute Gasteiger partial charge is 0.491 e. The lowest BCUT2D eigenvalue weighted by Gasteiger charge is -2.34. The van der Waals surface area contributed by atoms with Crippen LogP contribution in [0.15, 0.2) is 73.1 Å². The second-order valence-electron chi connectivity index (χ2n) is 16.7. The Morgan fingerprint density at radius 2 is 1.69 bits per heavy atom. The highest BCUT2D eigenvalue weighted by Crippen LogP contribution is 2.32. The van der Waals surface area contributed by atoms with E-state index in [1.807, 2.05) is 41.0 Å². The van der Waals surface area contributed by atoms with Crippen molar-refractivity contribution in [2.75, 3.05) is 37.2 Å². The Kier molecular flexibility index (Phi) is 12.0. The van der Waals surface area contributed by atoms with Crippen LogP contribution in [-0.4, -0.2) is 97.8 Å². The van der Waals surface area contributed by atoms with Gasteiger partial charge in [0.15, 0.2) is 12.5 Å². The van der Waals surface area contributed by atoms with E-state index in [2.05, 4.69) is 58.4 Å². The van der Waals surface area contributed by atoms with Gasteiger partial charge in [-0.3, -0.25) is 43.9 Å². The molecule has 17 heteroatoms. The molecule has 0 aliphatic carbocycles. The fourth-order valence-electron chi connectivity index (χ4n) is 6.74. The first-order valence-electron chi connectivity index (χ1n) is 19.9. The number of likely N-dealkylation sites (tertiary alicyclic amines) is 1. The molecule has 4 heterocycles. The number of ether oxygens (including phenoxy) is 3. The molecule has 0 bridgehead atoms. The number of piperidine rings is 1. The Bertz CT molecular complexity index is 2640. The van der Waals surface area contributed by atoms with E-state index < -0.39 is 53.8 Å². The number of fused-ring (bicyclic) bond motifs is 2. The Morgan fingerprint density at radius 1 is 0.919 bits per heavy atom. The van der Waals surface area contributed by atoms with Crippen molar-refractivity contribution in [3.63, 3.8) is 0 Å². The number of carbonyl (C=O) groups is 6. The highest BCUT2D eigenvalue weighted by atomic mass is 16.5. The van der Waals surface area contributed by atoms with E-state index >= 15 is 0 Å². The van der Waals surface area contributed by atoms with Crippen LogP contribution in [0.2, 0.25) is 0 Å². The Labute approximate surface area is 357 Å². The molecule has 5 aromatic rings. The summed E-state index contributed by atoms with van der Waals surface area (Å²) in [5, 5.41) is 12.7. The minimum absolute atomic E-state index is 0.00910. The van der Waals surface area contributed by atoms with Crippen molar-refractivity contribution in [1.82, 2.24) is 29.5 Å². The van der Waals surface area contributed by atoms with Crippen molar-refractivity contribution in [2.45, 2.75) is 65.8 Å². The first kappa shape index (κ1) is 42.8. The van der Waals surface area contributed by atoms with Crippen LogP contribution < -0.4 is 15.4 Å². The lowest BCUT2D eigenvalue weighted by molar-refractivity contribution is -0.168. The number of amides is 6. The number of imidazole rings is 1. The van der Waals surface area contributed by atoms with Gasteiger partial charge in [0.1, 0.15) is 31.3 Å². The molecule has 1 atom stereocenters. The summed E-state index contributed by atoms with van der Waals surface area (Å²) in [6.07, 6.45) is 1.54. The fraction of sp³-hybridized carbons (Fsp3) is 0.333. The number of nitrogens with zero attached hydrogens (tertiary/aromatic N) is 5. The predicted molar refractivity (Wildman–Crippen MR) is 226 cm³/mol. The van der Waals surface area contributed by atoms with Crippen molar-refractivity contribution < 1.29 is 43.0 Å². The average molecular weight is 843 g/mol. The molecular formula is C45H46N8O9. The number of hydrogen-bond acceptors (Lipinski definition) is 11. The van der Waals surface area contributed by atoms with Gasteiger partial charge in [0.25, 0.3) is 17.7 Å². The molecule has 1 fully saturated rings. The van der Waals surface area contributed by atoms with Gasteiger partial charge in [0.2, 0.25) is 5.91 Å². The molecule has 3 aromatic carbocycles. The van der Waals surface area contributed by atoms with E-state index in [4.69, 9.17) is 14.2 Å². The van der Waals surface area contributed by atoms with E-state index in [1.165, 1.54) is 6.07 Å². The van der Waals surface area contributed by atoms with Gasteiger partial charge in [-0.15, -0.1) is 0 Å². The molecule has 6 amide bonds. The number of urea groups is 1. The topological polar surface area (TPSA) is 207 Å². The first-order chi connectivity index (χ1) is 29.5. The minimum Gasteiger partial charge on any atom is -0.491 e. The third-order valence-corrected chi connectivity index (χ3v) is 10.1. The van der Waals surface area contributed by atoms with Gasteiger partial charge in [-0.2, -0.15) is 5.10 Å². The summed E-state index contributed by atoms with van der Waals surface area (Å²) in [6.45, 7) is 10.9. The van der Waals surface area contributed by atoms with Crippen LogP contribution >= 0.6 is 0 Å². The number of aromatic amines is 1. The Morgan fingerprint density at radius 3 is 2.42 bits per heavy atom.